The van der Waals surface area contributed by atoms with Gasteiger partial charge in [-0.2, -0.15) is 0 Å². The van der Waals surface area contributed by atoms with Crippen LogP contribution in [0.1, 0.15) is 25.3 Å². The first-order valence-corrected chi connectivity index (χ1v) is 8.33. The summed E-state index contributed by atoms with van der Waals surface area (Å²) in [7, 11) is 0. The minimum Gasteiger partial charge on any atom is -0.332 e. The molecule has 2 heterocycles. The highest BCUT2D eigenvalue weighted by Crippen LogP contribution is 2.38. The summed E-state index contributed by atoms with van der Waals surface area (Å²) in [5.74, 6) is 0.0921. The normalized spacial score (nSPS) is 20.6. The molecule has 0 bridgehead atoms. The summed E-state index contributed by atoms with van der Waals surface area (Å²) < 4.78 is 1.70. The zero-order valence-electron chi connectivity index (χ0n) is 13.7. The Labute approximate surface area is 140 Å². The van der Waals surface area contributed by atoms with Gasteiger partial charge in [-0.1, -0.05) is 47.7 Å². The number of amides is 1. The van der Waals surface area contributed by atoms with Gasteiger partial charge >= 0.3 is 0 Å². The molecule has 2 aromatic carbocycles. The van der Waals surface area contributed by atoms with Crippen molar-refractivity contribution >= 4 is 16.9 Å². The summed E-state index contributed by atoms with van der Waals surface area (Å²) in [6, 6.07) is 18.0. The molecule has 0 saturated carbocycles. The Kier molecular flexibility index (Phi) is 3.56. The number of nitrogens with zero attached hydrogens (tertiary/aromatic N) is 4. The predicted octanol–water partition coefficient (Wildman–Crippen LogP) is 2.97. The van der Waals surface area contributed by atoms with E-state index < -0.39 is 0 Å². The van der Waals surface area contributed by atoms with Crippen molar-refractivity contribution in [3.63, 3.8) is 0 Å². The SMILES string of the molecule is CC1(c2ccccc2)CCCN1C(=O)Cn1nnc2ccccc21. The molecule has 1 atom stereocenters. The van der Waals surface area contributed by atoms with Crippen LogP contribution in [-0.2, 0) is 16.9 Å². The second-order valence-electron chi connectivity index (χ2n) is 6.52. The second-order valence-corrected chi connectivity index (χ2v) is 6.52. The maximum Gasteiger partial charge on any atom is 0.245 e. The molecule has 5 nitrogen and oxygen atoms in total. The molecule has 1 aliphatic heterocycles. The first-order valence-electron chi connectivity index (χ1n) is 8.33. The Hall–Kier alpha value is -2.69. The summed E-state index contributed by atoms with van der Waals surface area (Å²) in [6.45, 7) is 3.17. The fourth-order valence-corrected chi connectivity index (χ4v) is 3.71. The first kappa shape index (κ1) is 14.9. The van der Waals surface area contributed by atoms with Gasteiger partial charge in [-0.3, -0.25) is 4.79 Å². The largest absolute Gasteiger partial charge is 0.332 e. The second kappa shape index (κ2) is 5.74. The maximum atomic E-state index is 13.0. The number of fused-ring (bicyclic) bond motifs is 1. The van der Waals surface area contributed by atoms with Crippen molar-refractivity contribution in [3.8, 4) is 0 Å². The van der Waals surface area contributed by atoms with E-state index in [0.717, 1.165) is 30.4 Å². The lowest BCUT2D eigenvalue weighted by Gasteiger charge is -2.36. The van der Waals surface area contributed by atoms with Crippen molar-refractivity contribution in [2.45, 2.75) is 31.8 Å². The van der Waals surface area contributed by atoms with E-state index in [-0.39, 0.29) is 18.0 Å². The molecule has 1 amide bonds. The van der Waals surface area contributed by atoms with Gasteiger partial charge in [0.1, 0.15) is 12.1 Å². The van der Waals surface area contributed by atoms with E-state index >= 15 is 0 Å². The Morgan fingerprint density at radius 3 is 2.71 bits per heavy atom. The number of aromatic nitrogens is 3. The zero-order valence-corrected chi connectivity index (χ0v) is 13.7. The summed E-state index contributed by atoms with van der Waals surface area (Å²) in [5, 5.41) is 8.28. The van der Waals surface area contributed by atoms with Crippen LogP contribution in [0, 0.1) is 0 Å². The van der Waals surface area contributed by atoms with Gasteiger partial charge in [0, 0.05) is 6.54 Å². The van der Waals surface area contributed by atoms with Crippen molar-refractivity contribution in [2.75, 3.05) is 6.54 Å². The fraction of sp³-hybridized carbons (Fsp3) is 0.316. The third-order valence-corrected chi connectivity index (χ3v) is 5.04. The predicted molar refractivity (Wildman–Crippen MR) is 92.3 cm³/mol. The number of rotatable bonds is 3. The van der Waals surface area contributed by atoms with Crippen LogP contribution in [0.3, 0.4) is 0 Å². The molecule has 1 aromatic heterocycles. The van der Waals surface area contributed by atoms with Crippen LogP contribution >= 0.6 is 0 Å². The minimum absolute atomic E-state index is 0.0921. The highest BCUT2D eigenvalue weighted by molar-refractivity contribution is 5.80. The zero-order chi connectivity index (χ0) is 16.6. The van der Waals surface area contributed by atoms with Crippen molar-refractivity contribution in [3.05, 3.63) is 60.2 Å². The van der Waals surface area contributed by atoms with E-state index in [2.05, 4.69) is 29.4 Å². The number of para-hydroxylation sites is 1. The van der Waals surface area contributed by atoms with Crippen LogP contribution in [0.2, 0.25) is 0 Å². The van der Waals surface area contributed by atoms with Gasteiger partial charge in [0.05, 0.1) is 11.1 Å². The van der Waals surface area contributed by atoms with Crippen molar-refractivity contribution in [1.82, 2.24) is 19.9 Å². The van der Waals surface area contributed by atoms with E-state index in [1.54, 1.807) is 4.68 Å². The topological polar surface area (TPSA) is 51.0 Å². The van der Waals surface area contributed by atoms with E-state index in [0.29, 0.717) is 0 Å². The Morgan fingerprint density at radius 2 is 1.88 bits per heavy atom. The molecule has 5 heteroatoms. The highest BCUT2D eigenvalue weighted by Gasteiger charge is 2.40. The average molecular weight is 320 g/mol. The molecule has 1 aliphatic rings. The monoisotopic (exact) mass is 320 g/mol. The van der Waals surface area contributed by atoms with Gasteiger partial charge in [-0.25, -0.2) is 4.68 Å². The van der Waals surface area contributed by atoms with Crippen molar-refractivity contribution in [2.24, 2.45) is 0 Å². The van der Waals surface area contributed by atoms with E-state index in [9.17, 15) is 4.79 Å². The Bertz CT molecular complexity index is 873. The summed E-state index contributed by atoms with van der Waals surface area (Å²) >= 11 is 0. The molecule has 3 aromatic rings. The molecule has 1 unspecified atom stereocenters. The van der Waals surface area contributed by atoms with Gasteiger partial charge < -0.3 is 4.90 Å². The lowest BCUT2D eigenvalue weighted by molar-refractivity contribution is -0.136. The standard InChI is InChI=1S/C19H20N4O/c1-19(15-8-3-2-4-9-15)12-7-13-22(19)18(24)14-23-17-11-6-5-10-16(17)20-21-23/h2-6,8-11H,7,12-14H2,1H3. The van der Waals surface area contributed by atoms with Crippen LogP contribution in [0.15, 0.2) is 54.6 Å². The Morgan fingerprint density at radius 1 is 1.12 bits per heavy atom. The lowest BCUT2D eigenvalue weighted by atomic mass is 9.89. The average Bonchev–Trinajstić information content (AvgIpc) is 3.21. The molecule has 0 spiro atoms. The van der Waals surface area contributed by atoms with Crippen LogP contribution < -0.4 is 0 Å². The number of carbonyl (C=O) groups excluding carboxylic acids is 1. The summed E-state index contributed by atoms with van der Waals surface area (Å²) in [5.41, 5.74) is 2.66. The van der Waals surface area contributed by atoms with Crippen LogP contribution in [0.4, 0.5) is 0 Å². The first-order chi connectivity index (χ1) is 11.7. The number of benzene rings is 2. The molecule has 0 N–H and O–H groups in total. The van der Waals surface area contributed by atoms with Gasteiger partial charge in [0.25, 0.3) is 0 Å². The number of likely N-dealkylation sites (tertiary alicyclic amines) is 1. The third kappa shape index (κ3) is 2.37. The fourth-order valence-electron chi connectivity index (χ4n) is 3.71. The number of carbonyl (C=O) groups is 1. The molecule has 4 rings (SSSR count). The van der Waals surface area contributed by atoms with Crippen LogP contribution in [0.5, 0.6) is 0 Å². The molecule has 0 aliphatic carbocycles. The molecular weight excluding hydrogens is 300 g/mol. The van der Waals surface area contributed by atoms with Gasteiger partial charge in [-0.05, 0) is 37.5 Å². The van der Waals surface area contributed by atoms with Gasteiger partial charge in [0.15, 0.2) is 0 Å². The van der Waals surface area contributed by atoms with E-state index in [4.69, 9.17) is 0 Å². The molecule has 1 saturated heterocycles. The minimum atomic E-state index is -0.241. The Balaban J connectivity index is 1.62. The number of hydrogen-bond acceptors (Lipinski definition) is 3. The smallest absolute Gasteiger partial charge is 0.245 e. The van der Waals surface area contributed by atoms with Crippen molar-refractivity contribution < 1.29 is 4.79 Å². The summed E-state index contributed by atoms with van der Waals surface area (Å²) in [6.07, 6.45) is 2.01. The van der Waals surface area contributed by atoms with E-state index in [1.807, 2.05) is 47.4 Å². The quantitative estimate of drug-likeness (QED) is 0.745. The lowest BCUT2D eigenvalue weighted by Crippen LogP contribution is -2.44. The maximum absolute atomic E-state index is 13.0. The van der Waals surface area contributed by atoms with Gasteiger partial charge in [-0.15, -0.1) is 5.10 Å². The van der Waals surface area contributed by atoms with E-state index in [1.165, 1.54) is 5.56 Å². The molecular formula is C19H20N4O. The third-order valence-electron chi connectivity index (χ3n) is 5.04. The molecule has 24 heavy (non-hydrogen) atoms. The summed E-state index contributed by atoms with van der Waals surface area (Å²) in [4.78, 5) is 15.0. The number of hydrogen-bond donors (Lipinski definition) is 0. The molecule has 0 radical (unpaired) electrons. The molecule has 1 fully saturated rings. The van der Waals surface area contributed by atoms with Crippen LogP contribution in [0.25, 0.3) is 11.0 Å². The van der Waals surface area contributed by atoms with Gasteiger partial charge in [0.2, 0.25) is 5.91 Å². The van der Waals surface area contributed by atoms with Crippen molar-refractivity contribution in [1.29, 1.82) is 0 Å². The molecule has 122 valence electrons. The van der Waals surface area contributed by atoms with Crippen LogP contribution in [-0.4, -0.2) is 32.3 Å². The highest BCUT2D eigenvalue weighted by atomic mass is 16.2.